The molecule has 0 amide bonds. The maximum Gasteiger partial charge on any atom is 0.137 e. The Balaban J connectivity index is 2.46. The maximum absolute atomic E-state index is 6.01. The van der Waals surface area contributed by atoms with Crippen molar-refractivity contribution in [3.05, 3.63) is 28.8 Å². The van der Waals surface area contributed by atoms with Crippen LogP contribution in [0.15, 0.2) is 18.2 Å². The molecule has 2 nitrogen and oxygen atoms in total. The first-order valence-corrected chi connectivity index (χ1v) is 6.93. The largest absolute Gasteiger partial charge is 0.495 e. The second-order valence-corrected chi connectivity index (χ2v) is 5.74. The van der Waals surface area contributed by atoms with Crippen LogP contribution >= 0.6 is 11.6 Å². The van der Waals surface area contributed by atoms with Crippen LogP contribution in [0.25, 0.3) is 0 Å². The Bertz CT molecular complexity index is 366. The zero-order valence-corrected chi connectivity index (χ0v) is 12.6. The fourth-order valence-electron chi connectivity index (χ4n) is 1.92. The molecule has 1 rings (SSSR count). The second kappa shape index (κ2) is 7.65. The zero-order valence-electron chi connectivity index (χ0n) is 11.8. The Morgan fingerprint density at radius 3 is 2.56 bits per heavy atom. The molecule has 0 saturated carbocycles. The minimum Gasteiger partial charge on any atom is -0.495 e. The molecule has 1 aromatic rings. The molecule has 0 radical (unpaired) electrons. The van der Waals surface area contributed by atoms with Crippen LogP contribution in [0, 0.1) is 11.8 Å². The average Bonchev–Trinajstić information content (AvgIpc) is 2.31. The van der Waals surface area contributed by atoms with Gasteiger partial charge in [-0.1, -0.05) is 38.4 Å². The Morgan fingerprint density at radius 2 is 1.94 bits per heavy atom. The topological polar surface area (TPSA) is 21.3 Å². The quantitative estimate of drug-likeness (QED) is 0.814. The Kier molecular flexibility index (Phi) is 6.51. The van der Waals surface area contributed by atoms with Crippen molar-refractivity contribution < 1.29 is 4.74 Å². The lowest BCUT2D eigenvalue weighted by atomic mass is 10.0. The first-order valence-electron chi connectivity index (χ1n) is 6.56. The molecule has 0 aliphatic heterocycles. The molecule has 0 saturated heterocycles. The van der Waals surface area contributed by atoms with Gasteiger partial charge in [0.1, 0.15) is 5.75 Å². The number of rotatable bonds is 7. The highest BCUT2D eigenvalue weighted by atomic mass is 35.5. The lowest BCUT2D eigenvalue weighted by molar-refractivity contribution is 0.413. The van der Waals surface area contributed by atoms with Crippen molar-refractivity contribution in [2.75, 3.05) is 20.2 Å². The van der Waals surface area contributed by atoms with Crippen LogP contribution in [-0.4, -0.2) is 20.2 Å². The summed E-state index contributed by atoms with van der Waals surface area (Å²) in [6.45, 7) is 8.83. The summed E-state index contributed by atoms with van der Waals surface area (Å²) in [7, 11) is 1.65. The van der Waals surface area contributed by atoms with Crippen LogP contribution in [0.1, 0.15) is 26.3 Å². The zero-order chi connectivity index (χ0) is 13.5. The van der Waals surface area contributed by atoms with E-state index in [2.05, 4.69) is 32.2 Å². The van der Waals surface area contributed by atoms with Crippen LogP contribution in [0.5, 0.6) is 5.75 Å². The summed E-state index contributed by atoms with van der Waals surface area (Å²) in [6.07, 6.45) is 1.04. The van der Waals surface area contributed by atoms with Crippen LogP contribution in [-0.2, 0) is 6.42 Å². The maximum atomic E-state index is 6.01. The molecular weight excluding hydrogens is 246 g/mol. The van der Waals surface area contributed by atoms with E-state index in [1.807, 2.05) is 12.1 Å². The highest BCUT2D eigenvalue weighted by molar-refractivity contribution is 6.32. The molecule has 102 valence electrons. The van der Waals surface area contributed by atoms with E-state index in [-0.39, 0.29) is 0 Å². The molecule has 0 heterocycles. The fourth-order valence-corrected chi connectivity index (χ4v) is 2.12. The molecular formula is C15H24ClNO. The Morgan fingerprint density at radius 1 is 1.22 bits per heavy atom. The normalized spacial score (nSPS) is 12.8. The van der Waals surface area contributed by atoms with Crippen molar-refractivity contribution in [1.82, 2.24) is 5.32 Å². The molecule has 0 aliphatic carbocycles. The molecule has 0 bridgehead atoms. The van der Waals surface area contributed by atoms with Gasteiger partial charge in [-0.3, -0.25) is 0 Å². The number of halogens is 1. The van der Waals surface area contributed by atoms with Gasteiger partial charge in [0, 0.05) is 0 Å². The molecule has 0 aliphatic rings. The highest BCUT2D eigenvalue weighted by Crippen LogP contribution is 2.26. The van der Waals surface area contributed by atoms with Gasteiger partial charge in [0.05, 0.1) is 12.1 Å². The van der Waals surface area contributed by atoms with Gasteiger partial charge in [0.25, 0.3) is 0 Å². The van der Waals surface area contributed by atoms with E-state index in [0.29, 0.717) is 16.9 Å². The van der Waals surface area contributed by atoms with E-state index in [4.69, 9.17) is 16.3 Å². The van der Waals surface area contributed by atoms with Crippen LogP contribution in [0.3, 0.4) is 0 Å². The number of hydrogen-bond donors (Lipinski definition) is 1. The van der Waals surface area contributed by atoms with E-state index in [0.717, 1.165) is 25.3 Å². The van der Waals surface area contributed by atoms with E-state index in [1.165, 1.54) is 5.56 Å². The van der Waals surface area contributed by atoms with E-state index in [1.54, 1.807) is 7.11 Å². The molecule has 18 heavy (non-hydrogen) atoms. The Hall–Kier alpha value is -0.730. The lowest BCUT2D eigenvalue weighted by Gasteiger charge is -2.14. The summed E-state index contributed by atoms with van der Waals surface area (Å²) in [5.41, 5.74) is 1.27. The summed E-state index contributed by atoms with van der Waals surface area (Å²) in [5, 5.41) is 4.16. The fraction of sp³-hybridized carbons (Fsp3) is 0.600. The van der Waals surface area contributed by atoms with Gasteiger partial charge in [0.2, 0.25) is 0 Å². The van der Waals surface area contributed by atoms with Crippen LogP contribution in [0.2, 0.25) is 5.02 Å². The first kappa shape index (κ1) is 15.3. The monoisotopic (exact) mass is 269 g/mol. The second-order valence-electron chi connectivity index (χ2n) is 5.33. The third kappa shape index (κ3) is 5.28. The number of methoxy groups -OCH3 is 1. The van der Waals surface area contributed by atoms with Crippen LogP contribution in [0.4, 0.5) is 0 Å². The predicted molar refractivity (Wildman–Crippen MR) is 78.6 cm³/mol. The van der Waals surface area contributed by atoms with Gasteiger partial charge in [-0.05, 0) is 49.0 Å². The molecule has 3 heteroatoms. The molecule has 1 N–H and O–H groups in total. The number of benzene rings is 1. The smallest absolute Gasteiger partial charge is 0.137 e. The van der Waals surface area contributed by atoms with Gasteiger partial charge in [-0.15, -0.1) is 0 Å². The number of ether oxygens (including phenoxy) is 1. The van der Waals surface area contributed by atoms with Crippen molar-refractivity contribution in [2.24, 2.45) is 11.8 Å². The average molecular weight is 270 g/mol. The highest BCUT2D eigenvalue weighted by Gasteiger charge is 2.07. The summed E-state index contributed by atoms with van der Waals surface area (Å²) in [4.78, 5) is 0. The predicted octanol–water partition coefficient (Wildman–Crippen LogP) is 3.77. The number of nitrogens with one attached hydrogen (secondary N) is 1. The van der Waals surface area contributed by atoms with E-state index >= 15 is 0 Å². The molecule has 1 unspecified atom stereocenters. The number of hydrogen-bond acceptors (Lipinski definition) is 2. The van der Waals surface area contributed by atoms with Gasteiger partial charge in [-0.25, -0.2) is 0 Å². The van der Waals surface area contributed by atoms with Crippen molar-refractivity contribution in [2.45, 2.75) is 27.2 Å². The molecule has 1 atom stereocenters. The van der Waals surface area contributed by atoms with Gasteiger partial charge in [-0.2, -0.15) is 0 Å². The minimum atomic E-state index is 0.606. The van der Waals surface area contributed by atoms with Gasteiger partial charge >= 0.3 is 0 Å². The van der Waals surface area contributed by atoms with Crippen LogP contribution < -0.4 is 10.1 Å². The van der Waals surface area contributed by atoms with Crippen molar-refractivity contribution in [1.29, 1.82) is 0 Å². The summed E-state index contributed by atoms with van der Waals surface area (Å²) >= 11 is 6.01. The Labute approximate surface area is 116 Å². The molecule has 0 fully saturated rings. The molecule has 0 spiro atoms. The van der Waals surface area contributed by atoms with Crippen molar-refractivity contribution in [3.63, 3.8) is 0 Å². The summed E-state index contributed by atoms with van der Waals surface area (Å²) in [6, 6.07) is 6.01. The third-order valence-electron chi connectivity index (χ3n) is 2.85. The van der Waals surface area contributed by atoms with Gasteiger partial charge in [0.15, 0.2) is 0 Å². The first-order chi connectivity index (χ1) is 8.52. The van der Waals surface area contributed by atoms with E-state index < -0.39 is 0 Å². The van der Waals surface area contributed by atoms with Crippen molar-refractivity contribution in [3.8, 4) is 5.75 Å². The minimum absolute atomic E-state index is 0.606. The van der Waals surface area contributed by atoms with Crippen molar-refractivity contribution >= 4 is 11.6 Å². The SMILES string of the molecule is COc1cc(CC(C)CNCC(C)C)ccc1Cl. The molecule has 1 aromatic carbocycles. The molecule has 0 aromatic heterocycles. The summed E-state index contributed by atoms with van der Waals surface area (Å²) < 4.78 is 5.23. The van der Waals surface area contributed by atoms with E-state index in [9.17, 15) is 0 Å². The van der Waals surface area contributed by atoms with Gasteiger partial charge < -0.3 is 10.1 Å². The summed E-state index contributed by atoms with van der Waals surface area (Å²) in [5.74, 6) is 2.07. The standard InChI is InChI=1S/C15H24ClNO/c1-11(2)9-17-10-12(3)7-13-5-6-14(16)15(8-13)18-4/h5-6,8,11-12,17H,7,9-10H2,1-4H3. The third-order valence-corrected chi connectivity index (χ3v) is 3.16. The lowest BCUT2D eigenvalue weighted by Crippen LogP contribution is -2.26.